The number of rotatable bonds is 8. The van der Waals surface area contributed by atoms with Crippen LogP contribution in [0.3, 0.4) is 0 Å². The number of hydrogen-bond acceptors (Lipinski definition) is 7. The summed E-state index contributed by atoms with van der Waals surface area (Å²) < 4.78 is 7.08. The van der Waals surface area contributed by atoms with Crippen molar-refractivity contribution >= 4 is 73.6 Å². The Morgan fingerprint density at radius 2 is 1.35 bits per heavy atom. The van der Waals surface area contributed by atoms with Gasteiger partial charge in [-0.05, 0) is 97.6 Å². The summed E-state index contributed by atoms with van der Waals surface area (Å²) in [6, 6.07) is 36.2. The van der Waals surface area contributed by atoms with E-state index in [0.717, 1.165) is 44.9 Å². The molecule has 0 saturated carbocycles. The third kappa shape index (κ3) is 5.41. The maximum absolute atomic E-state index is 15.5. The number of amides is 4. The number of ether oxygens (including phenoxy) is 1. The van der Waals surface area contributed by atoms with E-state index in [1.54, 1.807) is 33.4 Å². The lowest BCUT2D eigenvalue weighted by atomic mass is 9.70. The minimum Gasteiger partial charge on any atom is -0.394 e. The van der Waals surface area contributed by atoms with E-state index in [0.29, 0.717) is 46.7 Å². The molecule has 6 aromatic rings. The Hall–Kier alpha value is -6.40. The summed E-state index contributed by atoms with van der Waals surface area (Å²) in [5, 5.41) is 25.6. The van der Waals surface area contributed by atoms with Crippen molar-refractivity contribution in [2.24, 2.45) is 11.8 Å². The number of nitrogens with zero attached hydrogens (tertiary/aromatic N) is 4. The van der Waals surface area contributed by atoms with Crippen LogP contribution in [0, 0.1) is 11.8 Å². The highest BCUT2D eigenvalue weighted by Gasteiger charge is 2.66. The van der Waals surface area contributed by atoms with Gasteiger partial charge in [0.2, 0.25) is 5.91 Å². The van der Waals surface area contributed by atoms with Crippen molar-refractivity contribution in [1.29, 1.82) is 0 Å². The first kappa shape index (κ1) is 38.5. The van der Waals surface area contributed by atoms with Crippen molar-refractivity contribution in [2.45, 2.75) is 69.9 Å². The number of benzene rings is 6. The second-order valence-corrected chi connectivity index (χ2v) is 18.0. The van der Waals surface area contributed by atoms with Gasteiger partial charge in [0.1, 0.15) is 0 Å². The summed E-state index contributed by atoms with van der Waals surface area (Å²) in [5.41, 5.74) is 3.12. The molecule has 11 nitrogen and oxygen atoms in total. The van der Waals surface area contributed by atoms with Crippen LogP contribution in [0.1, 0.15) is 71.9 Å². The van der Waals surface area contributed by atoms with Crippen LogP contribution in [-0.4, -0.2) is 69.6 Å². The highest BCUT2D eigenvalue weighted by atomic mass is 16.5. The standard InChI is InChI=1S/C51H46N4O7/c1-29-46(50(2,3)61)42(26-43(57)52-24-8-13-35(52)28-56)62-51(29)38-25-34(55-41-17-7-12-32-10-5-15-37(45(32)41)48(55)59)22-23-39(38)53(49(51)60)27-30-18-20-33(21-19-30)54-40-16-6-11-31-9-4-14-36(44(31)40)47(54)58/h4-7,9-12,14-23,25,29,35,42,46,56,61H,8,13,24,26-28H2,1-3H3/t29-,35+,42+,46-,51+/m1/s1. The van der Waals surface area contributed by atoms with Crippen LogP contribution >= 0.6 is 0 Å². The molecule has 2 N–H and O–H groups in total. The summed E-state index contributed by atoms with van der Waals surface area (Å²) in [5.74, 6) is -2.04. The molecule has 0 unspecified atom stereocenters. The van der Waals surface area contributed by atoms with Gasteiger partial charge in [-0.3, -0.25) is 29.0 Å². The Morgan fingerprint density at radius 3 is 1.95 bits per heavy atom. The van der Waals surface area contributed by atoms with Crippen LogP contribution in [-0.2, 0) is 26.5 Å². The molecule has 0 aliphatic carbocycles. The SMILES string of the molecule is C[C@@H]1[C@@H](C(C)(C)O)[C@H](CC(=O)N2CCC[C@H]2CO)O[C@@]12C(=O)N(Cc1ccc(N3C(=O)c4cccc5cccc3c45)cc1)c1ccc(N3C(=O)c4cccc5cccc3c45)cc12. The molecule has 1 spiro atoms. The zero-order chi connectivity index (χ0) is 42.8. The lowest BCUT2D eigenvalue weighted by molar-refractivity contribution is -0.150. The second kappa shape index (κ2) is 13.8. The lowest BCUT2D eigenvalue weighted by Crippen LogP contribution is -2.46. The number of aliphatic hydroxyl groups is 2. The number of carbonyl (C=O) groups is 4. The molecule has 5 aliphatic heterocycles. The van der Waals surface area contributed by atoms with Crippen LogP contribution in [0.15, 0.2) is 115 Å². The van der Waals surface area contributed by atoms with Crippen molar-refractivity contribution in [1.82, 2.24) is 4.90 Å². The smallest absolute Gasteiger partial charge is 0.264 e. The van der Waals surface area contributed by atoms with Gasteiger partial charge in [0.15, 0.2) is 5.60 Å². The van der Waals surface area contributed by atoms with Crippen LogP contribution in [0.2, 0.25) is 0 Å². The molecule has 6 aromatic carbocycles. The maximum atomic E-state index is 15.5. The number of anilines is 5. The first-order valence-electron chi connectivity index (χ1n) is 21.5. The van der Waals surface area contributed by atoms with Gasteiger partial charge in [0.25, 0.3) is 17.7 Å². The molecule has 4 amide bonds. The third-order valence-corrected chi connectivity index (χ3v) is 14.2. The zero-order valence-corrected chi connectivity index (χ0v) is 34.7. The Bertz CT molecular complexity index is 2890. The molecule has 0 bridgehead atoms. The van der Waals surface area contributed by atoms with Crippen molar-refractivity contribution < 1.29 is 34.1 Å². The van der Waals surface area contributed by atoms with E-state index in [4.69, 9.17) is 4.74 Å². The summed E-state index contributed by atoms with van der Waals surface area (Å²) in [6.45, 7) is 5.86. The normalized spacial score (nSPS) is 23.9. The molecule has 2 fully saturated rings. The Labute approximate surface area is 358 Å². The fraction of sp³-hybridized carbons (Fsp3) is 0.294. The average molecular weight is 827 g/mol. The number of carbonyl (C=O) groups excluding carboxylic acids is 4. The molecule has 11 rings (SSSR count). The van der Waals surface area contributed by atoms with Gasteiger partial charge in [-0.15, -0.1) is 0 Å². The van der Waals surface area contributed by atoms with E-state index in [1.807, 2.05) is 122 Å². The summed E-state index contributed by atoms with van der Waals surface area (Å²) >= 11 is 0. The Morgan fingerprint density at radius 1 is 0.774 bits per heavy atom. The molecule has 0 aromatic heterocycles. The van der Waals surface area contributed by atoms with Crippen LogP contribution < -0.4 is 14.7 Å². The molecule has 5 atom stereocenters. The van der Waals surface area contributed by atoms with E-state index in [1.165, 1.54) is 0 Å². The summed E-state index contributed by atoms with van der Waals surface area (Å²) in [6.07, 6.45) is 0.580. The maximum Gasteiger partial charge on any atom is 0.264 e. The third-order valence-electron chi connectivity index (χ3n) is 14.2. The van der Waals surface area contributed by atoms with Gasteiger partial charge in [0.05, 0.1) is 65.5 Å². The van der Waals surface area contributed by atoms with Gasteiger partial charge >= 0.3 is 0 Å². The van der Waals surface area contributed by atoms with Gasteiger partial charge in [0, 0.05) is 46.1 Å². The summed E-state index contributed by atoms with van der Waals surface area (Å²) in [4.78, 5) is 64.3. The Kier molecular flexibility index (Phi) is 8.58. The molecular weight excluding hydrogens is 781 g/mol. The number of likely N-dealkylation sites (tertiary alicyclic amines) is 1. The predicted octanol–water partition coefficient (Wildman–Crippen LogP) is 8.11. The second-order valence-electron chi connectivity index (χ2n) is 18.0. The highest BCUT2D eigenvalue weighted by Crippen LogP contribution is 2.59. The molecule has 5 aliphatic rings. The van der Waals surface area contributed by atoms with Gasteiger partial charge in [-0.2, -0.15) is 0 Å². The fourth-order valence-corrected chi connectivity index (χ4v) is 11.5. The molecule has 11 heteroatoms. The predicted molar refractivity (Wildman–Crippen MR) is 237 cm³/mol. The molecule has 5 heterocycles. The Balaban J connectivity index is 0.988. The van der Waals surface area contributed by atoms with E-state index in [9.17, 15) is 24.6 Å². The number of fused-ring (bicyclic) bond motifs is 2. The minimum atomic E-state index is -1.61. The monoisotopic (exact) mass is 826 g/mol. The lowest BCUT2D eigenvalue weighted by Gasteiger charge is -2.34. The molecule has 312 valence electrons. The number of hydrogen-bond donors (Lipinski definition) is 2. The van der Waals surface area contributed by atoms with Crippen molar-refractivity contribution in [3.8, 4) is 0 Å². The quantitative estimate of drug-likeness (QED) is 0.159. The van der Waals surface area contributed by atoms with E-state index in [-0.39, 0.29) is 49.2 Å². The topological polar surface area (TPSA) is 131 Å². The largest absolute Gasteiger partial charge is 0.394 e. The highest BCUT2D eigenvalue weighted by molar-refractivity contribution is 6.29. The van der Waals surface area contributed by atoms with Crippen LogP contribution in [0.4, 0.5) is 28.4 Å². The van der Waals surface area contributed by atoms with Gasteiger partial charge < -0.3 is 24.7 Å². The summed E-state index contributed by atoms with van der Waals surface area (Å²) in [7, 11) is 0. The van der Waals surface area contributed by atoms with E-state index in [2.05, 4.69) is 0 Å². The fourth-order valence-electron chi connectivity index (χ4n) is 11.5. The first-order valence-corrected chi connectivity index (χ1v) is 21.5. The van der Waals surface area contributed by atoms with Crippen LogP contribution in [0.25, 0.3) is 21.5 Å². The van der Waals surface area contributed by atoms with Crippen LogP contribution in [0.5, 0.6) is 0 Å². The zero-order valence-electron chi connectivity index (χ0n) is 34.7. The molecule has 2 saturated heterocycles. The minimum absolute atomic E-state index is 0.0737. The van der Waals surface area contributed by atoms with Gasteiger partial charge in [-0.25, -0.2) is 0 Å². The van der Waals surface area contributed by atoms with Crippen molar-refractivity contribution in [3.63, 3.8) is 0 Å². The van der Waals surface area contributed by atoms with Crippen molar-refractivity contribution in [2.75, 3.05) is 27.9 Å². The molecule has 62 heavy (non-hydrogen) atoms. The molecule has 0 radical (unpaired) electrons. The molecular formula is C51H46N4O7. The van der Waals surface area contributed by atoms with Crippen molar-refractivity contribution in [3.05, 3.63) is 138 Å². The van der Waals surface area contributed by atoms with E-state index < -0.39 is 29.1 Å². The number of aliphatic hydroxyl groups excluding tert-OH is 1. The van der Waals surface area contributed by atoms with Gasteiger partial charge in [-0.1, -0.05) is 67.6 Å². The average Bonchev–Trinajstić information content (AvgIpc) is 4.05. The van der Waals surface area contributed by atoms with E-state index >= 15 is 4.79 Å². The first-order chi connectivity index (χ1) is 29.9.